The second kappa shape index (κ2) is 7.85. The van der Waals surface area contributed by atoms with Gasteiger partial charge in [0.05, 0.1) is 12.1 Å². The van der Waals surface area contributed by atoms with Gasteiger partial charge in [0, 0.05) is 13.5 Å². The largest absolute Gasteiger partial charge is 0.330 e. The van der Waals surface area contributed by atoms with Gasteiger partial charge in [-0.25, -0.2) is 4.90 Å². The Balaban J connectivity index is 1.74. The van der Waals surface area contributed by atoms with E-state index in [4.69, 9.17) is 0 Å². The summed E-state index contributed by atoms with van der Waals surface area (Å²) < 4.78 is 0. The lowest BCUT2D eigenvalue weighted by Gasteiger charge is -2.27. The highest BCUT2D eigenvalue weighted by molar-refractivity contribution is 6.22. The van der Waals surface area contributed by atoms with Crippen molar-refractivity contribution in [2.24, 2.45) is 0 Å². The van der Waals surface area contributed by atoms with E-state index in [2.05, 4.69) is 6.08 Å². The third-order valence-corrected chi connectivity index (χ3v) is 5.25. The van der Waals surface area contributed by atoms with Gasteiger partial charge in [-0.05, 0) is 51.2 Å². The van der Waals surface area contributed by atoms with Gasteiger partial charge in [-0.2, -0.15) is 0 Å². The molecule has 0 saturated carbocycles. The van der Waals surface area contributed by atoms with E-state index in [9.17, 15) is 14.4 Å². The fraction of sp³-hybridized carbons (Fsp3) is 0.476. The summed E-state index contributed by atoms with van der Waals surface area (Å²) in [6, 6.07) is 6.62. The van der Waals surface area contributed by atoms with E-state index in [0.717, 1.165) is 24.8 Å². The van der Waals surface area contributed by atoms with Crippen LogP contribution in [0.4, 0.5) is 5.69 Å². The molecule has 0 spiro atoms. The minimum atomic E-state index is -0.689. The van der Waals surface area contributed by atoms with Crippen LogP contribution in [0, 0.1) is 6.92 Å². The highest BCUT2D eigenvalue weighted by atomic mass is 16.2. The highest BCUT2D eigenvalue weighted by Crippen LogP contribution is 2.27. The molecule has 1 fully saturated rings. The zero-order chi connectivity index (χ0) is 18.7. The number of carbonyl (C=O) groups is 3. The monoisotopic (exact) mass is 354 g/mol. The number of allylic oxidation sites excluding steroid dienone is 1. The van der Waals surface area contributed by atoms with Gasteiger partial charge in [-0.3, -0.25) is 14.4 Å². The third kappa shape index (κ3) is 3.87. The molecule has 1 aliphatic carbocycles. The van der Waals surface area contributed by atoms with Gasteiger partial charge < -0.3 is 4.90 Å². The zero-order valence-corrected chi connectivity index (χ0v) is 15.5. The summed E-state index contributed by atoms with van der Waals surface area (Å²) in [5, 5.41) is 0. The number of benzene rings is 1. The van der Waals surface area contributed by atoms with Gasteiger partial charge in [0.25, 0.3) is 5.91 Å². The molecule has 2 aliphatic rings. The van der Waals surface area contributed by atoms with Crippen LogP contribution in [0.5, 0.6) is 0 Å². The molecule has 1 aliphatic heterocycles. The van der Waals surface area contributed by atoms with Crippen LogP contribution in [-0.4, -0.2) is 35.2 Å². The molecule has 5 nitrogen and oxygen atoms in total. The minimum absolute atomic E-state index is 0.0609. The van der Waals surface area contributed by atoms with E-state index in [-0.39, 0.29) is 24.1 Å². The molecule has 138 valence electrons. The number of amides is 3. The topological polar surface area (TPSA) is 57.7 Å². The van der Waals surface area contributed by atoms with Crippen molar-refractivity contribution < 1.29 is 14.4 Å². The molecule has 0 bridgehead atoms. The van der Waals surface area contributed by atoms with Crippen molar-refractivity contribution in [1.82, 2.24) is 4.90 Å². The first-order chi connectivity index (χ1) is 12.5. The molecule has 5 heteroatoms. The van der Waals surface area contributed by atoms with Crippen LogP contribution in [0.3, 0.4) is 0 Å². The average molecular weight is 354 g/mol. The number of carbonyl (C=O) groups excluding carboxylic acids is 3. The van der Waals surface area contributed by atoms with Crippen molar-refractivity contribution >= 4 is 23.4 Å². The second-order valence-electron chi connectivity index (χ2n) is 7.19. The smallest absolute Gasteiger partial charge is 0.257 e. The van der Waals surface area contributed by atoms with Crippen molar-refractivity contribution in [1.29, 1.82) is 0 Å². The lowest BCUT2D eigenvalue weighted by Crippen LogP contribution is -2.45. The summed E-state index contributed by atoms with van der Waals surface area (Å²) >= 11 is 0. The van der Waals surface area contributed by atoms with Crippen molar-refractivity contribution in [3.63, 3.8) is 0 Å². The summed E-state index contributed by atoms with van der Waals surface area (Å²) in [4.78, 5) is 40.3. The Morgan fingerprint density at radius 1 is 1.19 bits per heavy atom. The molecule has 1 aromatic carbocycles. The van der Waals surface area contributed by atoms with E-state index in [1.54, 1.807) is 17.0 Å². The molecule has 3 amide bonds. The van der Waals surface area contributed by atoms with Crippen LogP contribution in [0.2, 0.25) is 0 Å². The number of aryl methyl sites for hydroxylation is 1. The maximum Gasteiger partial charge on any atom is 0.257 e. The Bertz CT molecular complexity index is 736. The molecular weight excluding hydrogens is 328 g/mol. The zero-order valence-electron chi connectivity index (χ0n) is 15.5. The van der Waals surface area contributed by atoms with Gasteiger partial charge in [-0.1, -0.05) is 29.3 Å². The van der Waals surface area contributed by atoms with Crippen LogP contribution >= 0.6 is 0 Å². The molecule has 0 N–H and O–H groups in total. The van der Waals surface area contributed by atoms with Crippen LogP contribution in [0.15, 0.2) is 35.9 Å². The maximum atomic E-state index is 12.9. The molecular formula is C21H26N2O3. The normalized spacial score (nSPS) is 20.3. The Morgan fingerprint density at radius 2 is 1.92 bits per heavy atom. The second-order valence-corrected chi connectivity index (χ2v) is 7.19. The number of rotatable bonds is 5. The average Bonchev–Trinajstić information content (AvgIpc) is 2.91. The maximum absolute atomic E-state index is 12.9. The molecule has 1 heterocycles. The van der Waals surface area contributed by atoms with E-state index < -0.39 is 6.04 Å². The Hall–Kier alpha value is -2.43. The summed E-state index contributed by atoms with van der Waals surface area (Å²) in [5.41, 5.74) is 3.00. The Kier molecular flexibility index (Phi) is 5.55. The molecule has 26 heavy (non-hydrogen) atoms. The van der Waals surface area contributed by atoms with Crippen LogP contribution in [0.1, 0.15) is 51.0 Å². The standard InChI is InChI=1S/C21H26N2O3/c1-15-8-10-18(11-9-15)23-20(25)14-19(21(23)26)22(16(2)24)13-12-17-6-4-3-5-7-17/h6,8-11,19H,3-5,7,12-14H2,1-2H3. The molecule has 1 unspecified atom stereocenters. The van der Waals surface area contributed by atoms with Gasteiger partial charge >= 0.3 is 0 Å². The van der Waals surface area contributed by atoms with Crippen LogP contribution in [-0.2, 0) is 14.4 Å². The Morgan fingerprint density at radius 3 is 2.54 bits per heavy atom. The van der Waals surface area contributed by atoms with E-state index in [1.165, 1.54) is 30.2 Å². The van der Waals surface area contributed by atoms with Crippen LogP contribution < -0.4 is 4.90 Å². The third-order valence-electron chi connectivity index (χ3n) is 5.25. The van der Waals surface area contributed by atoms with Crippen molar-refractivity contribution in [2.45, 2.75) is 58.4 Å². The number of imide groups is 1. The van der Waals surface area contributed by atoms with E-state index in [1.807, 2.05) is 19.1 Å². The molecule has 0 radical (unpaired) electrons. The minimum Gasteiger partial charge on any atom is -0.330 e. The number of nitrogens with zero attached hydrogens (tertiary/aromatic N) is 2. The lowest BCUT2D eigenvalue weighted by molar-refractivity contribution is -0.136. The van der Waals surface area contributed by atoms with E-state index in [0.29, 0.717) is 12.2 Å². The Labute approximate surface area is 154 Å². The van der Waals surface area contributed by atoms with Gasteiger partial charge in [0.2, 0.25) is 11.8 Å². The first-order valence-corrected chi connectivity index (χ1v) is 9.36. The predicted octanol–water partition coefficient (Wildman–Crippen LogP) is 3.37. The first kappa shape index (κ1) is 18.4. The van der Waals surface area contributed by atoms with Gasteiger partial charge in [0.1, 0.15) is 6.04 Å². The number of anilines is 1. The van der Waals surface area contributed by atoms with Crippen molar-refractivity contribution in [2.75, 3.05) is 11.4 Å². The lowest BCUT2D eigenvalue weighted by atomic mass is 9.97. The summed E-state index contributed by atoms with van der Waals surface area (Å²) in [5.74, 6) is -0.697. The quantitative estimate of drug-likeness (QED) is 0.602. The molecule has 0 aromatic heterocycles. The van der Waals surface area contributed by atoms with Crippen molar-refractivity contribution in [3.05, 3.63) is 41.5 Å². The predicted molar refractivity (Wildman–Crippen MR) is 101 cm³/mol. The summed E-state index contributed by atoms with van der Waals surface area (Å²) in [7, 11) is 0. The van der Waals surface area contributed by atoms with Crippen LogP contribution in [0.25, 0.3) is 0 Å². The summed E-state index contributed by atoms with van der Waals surface area (Å²) in [6.45, 7) is 3.92. The molecule has 1 saturated heterocycles. The van der Waals surface area contributed by atoms with E-state index >= 15 is 0 Å². The van der Waals surface area contributed by atoms with Crippen molar-refractivity contribution in [3.8, 4) is 0 Å². The molecule has 1 aromatic rings. The van der Waals surface area contributed by atoms with Gasteiger partial charge in [0.15, 0.2) is 0 Å². The fourth-order valence-electron chi connectivity index (χ4n) is 3.75. The summed E-state index contributed by atoms with van der Waals surface area (Å²) in [6.07, 6.45) is 7.67. The number of hydrogen-bond donors (Lipinski definition) is 0. The first-order valence-electron chi connectivity index (χ1n) is 9.36. The highest BCUT2D eigenvalue weighted by Gasteiger charge is 2.43. The van der Waals surface area contributed by atoms with Gasteiger partial charge in [-0.15, -0.1) is 0 Å². The number of hydrogen-bond acceptors (Lipinski definition) is 3. The fourth-order valence-corrected chi connectivity index (χ4v) is 3.75. The molecule has 3 rings (SSSR count). The SMILES string of the molecule is CC(=O)N(CCC1=CCCCC1)C1CC(=O)N(c2ccc(C)cc2)C1=O. The molecule has 1 atom stereocenters.